The van der Waals surface area contributed by atoms with E-state index in [-0.39, 0.29) is 5.91 Å². The van der Waals surface area contributed by atoms with E-state index in [1.54, 1.807) is 6.07 Å². The zero-order valence-electron chi connectivity index (χ0n) is 13.4. The molecule has 23 heavy (non-hydrogen) atoms. The molecule has 3 rings (SSSR count). The van der Waals surface area contributed by atoms with Crippen LogP contribution in [0.2, 0.25) is 0 Å². The molecule has 1 aliphatic rings. The number of hydrogen-bond donors (Lipinski definition) is 2. The molecule has 0 bridgehead atoms. The van der Waals surface area contributed by atoms with E-state index in [1.807, 2.05) is 37.3 Å². The summed E-state index contributed by atoms with van der Waals surface area (Å²) in [6.07, 6.45) is 6.21. The summed E-state index contributed by atoms with van der Waals surface area (Å²) in [7, 11) is 0. The SMILES string of the molecule is Cc1ccc(NC(=O)c2ccc(NC3CCCCC3)nn2)cc1. The lowest BCUT2D eigenvalue weighted by Crippen LogP contribution is -2.23. The average molecular weight is 310 g/mol. The zero-order valence-corrected chi connectivity index (χ0v) is 13.4. The van der Waals surface area contributed by atoms with Gasteiger partial charge in [-0.05, 0) is 44.0 Å². The molecule has 2 aromatic rings. The fraction of sp³-hybridized carbons (Fsp3) is 0.389. The highest BCUT2D eigenvalue weighted by atomic mass is 16.1. The van der Waals surface area contributed by atoms with Crippen LogP contribution < -0.4 is 10.6 Å². The Morgan fingerprint density at radius 3 is 2.39 bits per heavy atom. The van der Waals surface area contributed by atoms with Gasteiger partial charge in [0.25, 0.3) is 5.91 Å². The Hall–Kier alpha value is -2.43. The van der Waals surface area contributed by atoms with Gasteiger partial charge in [-0.1, -0.05) is 37.0 Å². The summed E-state index contributed by atoms with van der Waals surface area (Å²) in [6, 6.07) is 11.7. The minimum absolute atomic E-state index is 0.245. The van der Waals surface area contributed by atoms with Crippen molar-refractivity contribution in [3.05, 3.63) is 47.7 Å². The Bertz CT molecular complexity index is 646. The van der Waals surface area contributed by atoms with Gasteiger partial charge in [0.15, 0.2) is 5.69 Å². The Labute approximate surface area is 136 Å². The highest BCUT2D eigenvalue weighted by Crippen LogP contribution is 2.20. The first-order valence-electron chi connectivity index (χ1n) is 8.19. The first-order valence-corrected chi connectivity index (χ1v) is 8.19. The van der Waals surface area contributed by atoms with Crippen LogP contribution in [0.1, 0.15) is 48.2 Å². The molecule has 0 aliphatic heterocycles. The van der Waals surface area contributed by atoms with Crippen molar-refractivity contribution < 1.29 is 4.79 Å². The fourth-order valence-corrected chi connectivity index (χ4v) is 2.82. The normalized spacial score (nSPS) is 15.2. The van der Waals surface area contributed by atoms with Gasteiger partial charge in [0.05, 0.1) is 0 Å². The highest BCUT2D eigenvalue weighted by molar-refractivity contribution is 6.02. The summed E-state index contributed by atoms with van der Waals surface area (Å²) in [5, 5.41) is 14.4. The Morgan fingerprint density at radius 1 is 1.00 bits per heavy atom. The minimum atomic E-state index is -0.245. The molecule has 5 nitrogen and oxygen atoms in total. The number of aryl methyl sites for hydroxylation is 1. The van der Waals surface area contributed by atoms with Gasteiger partial charge < -0.3 is 10.6 Å². The number of benzene rings is 1. The molecule has 0 radical (unpaired) electrons. The number of amides is 1. The minimum Gasteiger partial charge on any atom is -0.366 e. The maximum absolute atomic E-state index is 12.2. The van der Waals surface area contributed by atoms with Crippen LogP contribution in [0.3, 0.4) is 0 Å². The zero-order chi connectivity index (χ0) is 16.1. The smallest absolute Gasteiger partial charge is 0.276 e. The van der Waals surface area contributed by atoms with Gasteiger partial charge in [-0.2, -0.15) is 0 Å². The van der Waals surface area contributed by atoms with E-state index in [9.17, 15) is 4.79 Å². The third kappa shape index (κ3) is 4.28. The number of nitrogens with zero attached hydrogens (tertiary/aromatic N) is 2. The maximum atomic E-state index is 12.2. The first kappa shape index (κ1) is 15.5. The molecule has 1 amide bonds. The molecule has 1 saturated carbocycles. The number of carbonyl (C=O) groups excluding carboxylic acids is 1. The number of nitrogens with one attached hydrogen (secondary N) is 2. The predicted octanol–water partition coefficient (Wildman–Crippen LogP) is 3.78. The summed E-state index contributed by atoms with van der Waals surface area (Å²) in [5.74, 6) is 0.495. The topological polar surface area (TPSA) is 66.9 Å². The van der Waals surface area contributed by atoms with Crippen molar-refractivity contribution in [1.29, 1.82) is 0 Å². The molecular weight excluding hydrogens is 288 g/mol. The van der Waals surface area contributed by atoms with E-state index in [4.69, 9.17) is 0 Å². The Balaban J connectivity index is 1.59. The third-order valence-corrected chi connectivity index (χ3v) is 4.16. The van der Waals surface area contributed by atoms with Crippen molar-refractivity contribution in [3.8, 4) is 0 Å². The quantitative estimate of drug-likeness (QED) is 0.902. The van der Waals surface area contributed by atoms with E-state index in [0.29, 0.717) is 11.7 Å². The number of carbonyl (C=O) groups is 1. The molecule has 0 spiro atoms. The van der Waals surface area contributed by atoms with Gasteiger partial charge in [-0.25, -0.2) is 0 Å². The van der Waals surface area contributed by atoms with E-state index in [1.165, 1.54) is 32.1 Å². The van der Waals surface area contributed by atoms with E-state index < -0.39 is 0 Å². The maximum Gasteiger partial charge on any atom is 0.276 e. The lowest BCUT2D eigenvalue weighted by Gasteiger charge is -2.22. The van der Waals surface area contributed by atoms with Gasteiger partial charge in [0, 0.05) is 11.7 Å². The van der Waals surface area contributed by atoms with E-state index in [0.717, 1.165) is 17.1 Å². The van der Waals surface area contributed by atoms with Crippen molar-refractivity contribution >= 4 is 17.4 Å². The second kappa shape index (κ2) is 7.22. The van der Waals surface area contributed by atoms with Crippen molar-refractivity contribution in [3.63, 3.8) is 0 Å². The number of anilines is 2. The Morgan fingerprint density at radius 2 is 1.74 bits per heavy atom. The molecule has 2 N–H and O–H groups in total. The monoisotopic (exact) mass is 310 g/mol. The van der Waals surface area contributed by atoms with Crippen LogP contribution in [0.15, 0.2) is 36.4 Å². The van der Waals surface area contributed by atoms with Crippen LogP contribution in [-0.4, -0.2) is 22.1 Å². The molecule has 0 atom stereocenters. The van der Waals surface area contributed by atoms with Crippen LogP contribution in [0, 0.1) is 6.92 Å². The molecule has 1 fully saturated rings. The first-order chi connectivity index (χ1) is 11.2. The van der Waals surface area contributed by atoms with Crippen molar-refractivity contribution in [2.75, 3.05) is 10.6 Å². The molecule has 5 heteroatoms. The summed E-state index contributed by atoms with van der Waals surface area (Å²) < 4.78 is 0. The largest absolute Gasteiger partial charge is 0.366 e. The molecule has 120 valence electrons. The lowest BCUT2D eigenvalue weighted by molar-refractivity contribution is 0.102. The molecule has 1 aromatic carbocycles. The summed E-state index contributed by atoms with van der Waals surface area (Å²) in [5.41, 5.74) is 2.23. The molecule has 1 heterocycles. The highest BCUT2D eigenvalue weighted by Gasteiger charge is 2.14. The van der Waals surface area contributed by atoms with E-state index in [2.05, 4.69) is 20.8 Å². The van der Waals surface area contributed by atoms with Crippen LogP contribution in [0.25, 0.3) is 0 Å². The van der Waals surface area contributed by atoms with Crippen molar-refractivity contribution in [2.45, 2.75) is 45.1 Å². The summed E-state index contributed by atoms with van der Waals surface area (Å²) in [4.78, 5) is 12.2. The summed E-state index contributed by atoms with van der Waals surface area (Å²) >= 11 is 0. The molecular formula is C18H22N4O. The van der Waals surface area contributed by atoms with Gasteiger partial charge >= 0.3 is 0 Å². The van der Waals surface area contributed by atoms with Gasteiger partial charge in [-0.3, -0.25) is 4.79 Å². The molecule has 1 aromatic heterocycles. The standard InChI is InChI=1S/C18H22N4O/c1-13-7-9-15(10-8-13)20-18(23)16-11-12-17(22-21-16)19-14-5-3-2-4-6-14/h7-12,14H,2-6H2,1H3,(H,19,22)(H,20,23). The van der Waals surface area contributed by atoms with Crippen LogP contribution in [0.4, 0.5) is 11.5 Å². The molecule has 0 unspecified atom stereocenters. The van der Waals surface area contributed by atoms with Crippen molar-refractivity contribution in [1.82, 2.24) is 10.2 Å². The number of rotatable bonds is 4. The average Bonchev–Trinajstić information content (AvgIpc) is 2.58. The van der Waals surface area contributed by atoms with Crippen molar-refractivity contribution in [2.24, 2.45) is 0 Å². The summed E-state index contributed by atoms with van der Waals surface area (Å²) in [6.45, 7) is 2.01. The van der Waals surface area contributed by atoms with Crippen LogP contribution >= 0.6 is 0 Å². The fourth-order valence-electron chi connectivity index (χ4n) is 2.82. The second-order valence-corrected chi connectivity index (χ2v) is 6.10. The van der Waals surface area contributed by atoms with Gasteiger partial charge in [-0.15, -0.1) is 10.2 Å². The van der Waals surface area contributed by atoms with Crippen LogP contribution in [-0.2, 0) is 0 Å². The van der Waals surface area contributed by atoms with Crippen LogP contribution in [0.5, 0.6) is 0 Å². The second-order valence-electron chi connectivity index (χ2n) is 6.10. The number of hydrogen-bond acceptors (Lipinski definition) is 4. The van der Waals surface area contributed by atoms with E-state index >= 15 is 0 Å². The Kier molecular flexibility index (Phi) is 4.86. The lowest BCUT2D eigenvalue weighted by atomic mass is 9.95. The third-order valence-electron chi connectivity index (χ3n) is 4.16. The van der Waals surface area contributed by atoms with Gasteiger partial charge in [0.2, 0.25) is 0 Å². The molecule has 0 saturated heterocycles. The molecule has 1 aliphatic carbocycles. The van der Waals surface area contributed by atoms with Gasteiger partial charge in [0.1, 0.15) is 5.82 Å². The number of aromatic nitrogens is 2. The predicted molar refractivity (Wildman–Crippen MR) is 91.7 cm³/mol.